The van der Waals surface area contributed by atoms with Crippen LogP contribution < -0.4 is 0 Å². The van der Waals surface area contributed by atoms with Crippen LogP contribution in [0.25, 0.3) is 24.3 Å². The van der Waals surface area contributed by atoms with Gasteiger partial charge in [0.05, 0.1) is 5.69 Å². The van der Waals surface area contributed by atoms with Gasteiger partial charge in [-0.1, -0.05) is 60.7 Å². The fourth-order valence-electron chi connectivity index (χ4n) is 4.22. The van der Waals surface area contributed by atoms with E-state index in [1.807, 2.05) is 24.3 Å². The topological polar surface area (TPSA) is 33.1 Å². The van der Waals surface area contributed by atoms with Crippen molar-refractivity contribution in [1.29, 1.82) is 0 Å². The van der Waals surface area contributed by atoms with Crippen molar-refractivity contribution >= 4 is 24.3 Å². The number of hydrogen-bond donors (Lipinski definition) is 1. The average molecular weight is 365 g/mol. The van der Waals surface area contributed by atoms with E-state index in [1.54, 1.807) is 0 Å². The normalized spacial score (nSPS) is 17.7. The van der Waals surface area contributed by atoms with E-state index in [4.69, 9.17) is 4.98 Å². The minimum atomic E-state index is -0.614. The Bertz CT molecular complexity index is 1090. The van der Waals surface area contributed by atoms with Gasteiger partial charge in [0, 0.05) is 5.69 Å². The number of aryl methyl sites for hydroxylation is 2. The quantitative estimate of drug-likeness (QED) is 0.632. The van der Waals surface area contributed by atoms with Crippen molar-refractivity contribution < 1.29 is 5.11 Å². The van der Waals surface area contributed by atoms with Gasteiger partial charge in [0.2, 0.25) is 0 Å². The van der Waals surface area contributed by atoms with Crippen molar-refractivity contribution in [2.24, 2.45) is 0 Å². The number of fused-ring (bicyclic) bond motifs is 3. The third-order valence-corrected chi connectivity index (χ3v) is 5.78. The second kappa shape index (κ2) is 7.21. The van der Waals surface area contributed by atoms with Gasteiger partial charge < -0.3 is 5.11 Å². The molecular weight excluding hydrogens is 342 g/mol. The first-order valence-corrected chi connectivity index (χ1v) is 10.0. The molecule has 0 saturated carbocycles. The molecule has 0 amide bonds. The van der Waals surface area contributed by atoms with E-state index in [0.717, 1.165) is 46.4 Å². The Labute approximate surface area is 165 Å². The second-order valence-corrected chi connectivity index (χ2v) is 7.64. The number of hydrogen-bond acceptors (Lipinski definition) is 2. The molecule has 0 radical (unpaired) electrons. The Balaban J connectivity index is 1.46. The average Bonchev–Trinajstić information content (AvgIpc) is 2.89. The molecule has 1 N–H and O–H groups in total. The summed E-state index contributed by atoms with van der Waals surface area (Å²) in [6.45, 7) is 0. The lowest BCUT2D eigenvalue weighted by atomic mass is 9.94. The zero-order valence-corrected chi connectivity index (χ0v) is 15.8. The molecule has 138 valence electrons. The van der Waals surface area contributed by atoms with Crippen molar-refractivity contribution in [2.75, 3.05) is 0 Å². The van der Waals surface area contributed by atoms with Gasteiger partial charge in [0.25, 0.3) is 0 Å². The summed E-state index contributed by atoms with van der Waals surface area (Å²) in [5.41, 5.74) is 8.77. The highest BCUT2D eigenvalue weighted by atomic mass is 16.3. The molecular formula is C26H23NO. The lowest BCUT2D eigenvalue weighted by Crippen LogP contribution is -2.05. The zero-order valence-electron chi connectivity index (χ0n) is 15.8. The summed E-state index contributed by atoms with van der Waals surface area (Å²) in [7, 11) is 0. The molecule has 5 rings (SSSR count). The maximum absolute atomic E-state index is 11.0. The summed E-state index contributed by atoms with van der Waals surface area (Å²) in [5.74, 6) is 0. The van der Waals surface area contributed by atoms with E-state index in [1.165, 1.54) is 24.1 Å². The molecule has 2 aliphatic rings. The molecule has 0 spiro atoms. The Morgan fingerprint density at radius 1 is 0.821 bits per heavy atom. The first-order chi connectivity index (χ1) is 13.8. The van der Waals surface area contributed by atoms with E-state index < -0.39 is 6.10 Å². The van der Waals surface area contributed by atoms with Crippen LogP contribution in [-0.4, -0.2) is 10.1 Å². The lowest BCUT2D eigenvalue weighted by Gasteiger charge is -2.15. The first kappa shape index (κ1) is 17.2. The zero-order chi connectivity index (χ0) is 18.9. The molecule has 2 aliphatic carbocycles. The van der Waals surface area contributed by atoms with Crippen LogP contribution in [0.4, 0.5) is 0 Å². The van der Waals surface area contributed by atoms with Gasteiger partial charge >= 0.3 is 0 Å². The van der Waals surface area contributed by atoms with Crippen molar-refractivity contribution in [2.45, 2.75) is 31.8 Å². The highest BCUT2D eigenvalue weighted by Gasteiger charge is 2.18. The predicted molar refractivity (Wildman–Crippen MR) is 116 cm³/mol. The molecule has 1 unspecified atom stereocenters. The Kier molecular flexibility index (Phi) is 4.42. The molecule has 0 saturated heterocycles. The van der Waals surface area contributed by atoms with Crippen LogP contribution in [0.3, 0.4) is 0 Å². The third kappa shape index (κ3) is 3.21. The molecule has 1 atom stereocenters. The largest absolute Gasteiger partial charge is 0.384 e. The maximum atomic E-state index is 11.0. The van der Waals surface area contributed by atoms with E-state index in [-0.39, 0.29) is 0 Å². The smallest absolute Gasteiger partial charge is 0.105 e. The number of pyridine rings is 1. The number of benzene rings is 2. The van der Waals surface area contributed by atoms with E-state index >= 15 is 0 Å². The van der Waals surface area contributed by atoms with Gasteiger partial charge in [-0.15, -0.1) is 0 Å². The van der Waals surface area contributed by atoms with Gasteiger partial charge in [0.15, 0.2) is 0 Å². The van der Waals surface area contributed by atoms with Gasteiger partial charge in [-0.3, -0.25) is 4.98 Å². The lowest BCUT2D eigenvalue weighted by molar-refractivity contribution is 0.220. The minimum absolute atomic E-state index is 0.614. The predicted octanol–water partition coefficient (Wildman–Crippen LogP) is 5.70. The van der Waals surface area contributed by atoms with Crippen LogP contribution in [0.1, 0.15) is 63.7 Å². The molecule has 3 aromatic rings. The van der Waals surface area contributed by atoms with Crippen molar-refractivity contribution in [3.8, 4) is 0 Å². The van der Waals surface area contributed by atoms with E-state index in [9.17, 15) is 5.11 Å². The number of rotatable bonds is 2. The number of aliphatic hydroxyl groups excluding tert-OH is 1. The highest BCUT2D eigenvalue weighted by molar-refractivity contribution is 5.78. The Morgan fingerprint density at radius 2 is 1.64 bits per heavy atom. The summed E-state index contributed by atoms with van der Waals surface area (Å²) in [6.07, 6.45) is 12.5. The Hall–Kier alpha value is -2.97. The van der Waals surface area contributed by atoms with Crippen LogP contribution in [-0.2, 0) is 12.8 Å². The van der Waals surface area contributed by atoms with Gasteiger partial charge in [0.1, 0.15) is 6.10 Å². The molecule has 1 aromatic heterocycles. The van der Waals surface area contributed by atoms with Crippen molar-refractivity contribution in [1.82, 2.24) is 4.98 Å². The number of aliphatic hydroxyl groups is 1. The summed E-state index contributed by atoms with van der Waals surface area (Å²) in [4.78, 5) is 4.83. The summed E-state index contributed by atoms with van der Waals surface area (Å²) >= 11 is 0. The first-order valence-electron chi connectivity index (χ1n) is 10.0. The summed E-state index contributed by atoms with van der Waals surface area (Å²) < 4.78 is 0. The van der Waals surface area contributed by atoms with Crippen LogP contribution in [0, 0.1) is 0 Å². The van der Waals surface area contributed by atoms with Crippen LogP contribution in [0.15, 0.2) is 54.6 Å². The summed E-state index contributed by atoms with van der Waals surface area (Å²) in [5, 5.41) is 11.0. The highest BCUT2D eigenvalue weighted by Crippen LogP contribution is 2.33. The maximum Gasteiger partial charge on any atom is 0.105 e. The number of aromatic nitrogens is 1. The third-order valence-electron chi connectivity index (χ3n) is 5.78. The van der Waals surface area contributed by atoms with E-state index in [0.29, 0.717) is 0 Å². The molecule has 2 nitrogen and oxygen atoms in total. The van der Waals surface area contributed by atoms with E-state index in [2.05, 4.69) is 54.6 Å². The van der Waals surface area contributed by atoms with Crippen LogP contribution >= 0.6 is 0 Å². The molecule has 0 bridgehead atoms. The van der Waals surface area contributed by atoms with Crippen molar-refractivity contribution in [3.63, 3.8) is 0 Å². The van der Waals surface area contributed by atoms with Crippen LogP contribution in [0.2, 0.25) is 0 Å². The monoisotopic (exact) mass is 365 g/mol. The minimum Gasteiger partial charge on any atom is -0.384 e. The van der Waals surface area contributed by atoms with Crippen LogP contribution in [0.5, 0.6) is 0 Å². The molecule has 2 aromatic carbocycles. The Morgan fingerprint density at radius 3 is 2.57 bits per heavy atom. The molecule has 0 aliphatic heterocycles. The SMILES string of the molecule is OC1c2ccccc2C=Cc2ccc(C=Cc3ccc4c(n3)CCCC4)cc21. The van der Waals surface area contributed by atoms with Gasteiger partial charge in [-0.05, 0) is 77.3 Å². The standard InChI is InChI=1S/C26H23NO/c28-26-23-7-3-1-5-19(23)12-13-20-11-9-18(17-24(20)26)10-15-22-16-14-21-6-2-4-8-25(21)27-22/h1,3,5,7,9-17,26,28H,2,4,6,8H2. The van der Waals surface area contributed by atoms with Gasteiger partial charge in [-0.25, -0.2) is 0 Å². The molecule has 28 heavy (non-hydrogen) atoms. The van der Waals surface area contributed by atoms with Crippen molar-refractivity contribution in [3.05, 3.63) is 99.4 Å². The molecule has 1 heterocycles. The second-order valence-electron chi connectivity index (χ2n) is 7.64. The fraction of sp³-hybridized carbons (Fsp3) is 0.192. The number of nitrogens with zero attached hydrogens (tertiary/aromatic N) is 1. The summed E-state index contributed by atoms with van der Waals surface area (Å²) in [6, 6.07) is 18.6. The molecule has 0 fully saturated rings. The molecule has 2 heteroatoms. The van der Waals surface area contributed by atoms with Gasteiger partial charge in [-0.2, -0.15) is 0 Å². The fourth-order valence-corrected chi connectivity index (χ4v) is 4.22.